The number of hydrogen-bond donors (Lipinski definition) is 0. The van der Waals surface area contributed by atoms with Crippen LogP contribution in [0, 0.1) is 0 Å². The minimum Gasteiger partial charge on any atom is -0.482 e. The molecule has 0 bridgehead atoms. The molecule has 0 spiro atoms. The molecule has 1 aromatic rings. The van der Waals surface area contributed by atoms with Crippen molar-refractivity contribution in [1.29, 1.82) is 0 Å². The topological polar surface area (TPSA) is 55.8 Å². The number of benzene rings is 1. The molecule has 0 saturated heterocycles. The first-order valence-electron chi connectivity index (χ1n) is 6.78. The maximum atomic E-state index is 11.9. The number of esters is 1. The monoisotopic (exact) mass is 291 g/mol. The van der Waals surface area contributed by atoms with Crippen LogP contribution in [0.15, 0.2) is 42.5 Å². The second kappa shape index (κ2) is 8.79. The van der Waals surface area contributed by atoms with Crippen molar-refractivity contribution in [2.75, 3.05) is 26.3 Å². The van der Waals surface area contributed by atoms with Crippen molar-refractivity contribution in [2.45, 2.75) is 13.8 Å². The molecule has 114 valence electrons. The minimum absolute atomic E-state index is 0.218. The lowest BCUT2D eigenvalue weighted by atomic mass is 10.3. The van der Waals surface area contributed by atoms with Gasteiger partial charge in [-0.05, 0) is 26.0 Å². The van der Waals surface area contributed by atoms with E-state index in [2.05, 4.69) is 6.58 Å². The fraction of sp³-hybridized carbons (Fsp3) is 0.375. The van der Waals surface area contributed by atoms with E-state index in [9.17, 15) is 9.59 Å². The van der Waals surface area contributed by atoms with Gasteiger partial charge in [0.1, 0.15) is 5.75 Å². The van der Waals surface area contributed by atoms with Gasteiger partial charge in [0.2, 0.25) is 0 Å². The molecular weight excluding hydrogens is 270 g/mol. The Morgan fingerprint density at radius 2 is 1.86 bits per heavy atom. The lowest BCUT2D eigenvalue weighted by molar-refractivity contribution is -0.153. The van der Waals surface area contributed by atoms with Crippen LogP contribution >= 0.6 is 0 Å². The van der Waals surface area contributed by atoms with Crippen LogP contribution in [0.4, 0.5) is 0 Å². The van der Waals surface area contributed by atoms with Crippen molar-refractivity contribution in [2.24, 2.45) is 0 Å². The van der Waals surface area contributed by atoms with Crippen LogP contribution in [-0.4, -0.2) is 43.1 Å². The highest BCUT2D eigenvalue weighted by atomic mass is 16.6. The molecule has 0 aliphatic carbocycles. The summed E-state index contributed by atoms with van der Waals surface area (Å²) in [5.41, 5.74) is 0.879. The summed E-state index contributed by atoms with van der Waals surface area (Å²) in [7, 11) is 0. The van der Waals surface area contributed by atoms with Crippen molar-refractivity contribution in [1.82, 2.24) is 4.90 Å². The molecule has 21 heavy (non-hydrogen) atoms. The maximum absolute atomic E-state index is 11.9. The van der Waals surface area contributed by atoms with Gasteiger partial charge in [0, 0.05) is 13.1 Å². The Hall–Kier alpha value is -2.30. The van der Waals surface area contributed by atoms with Gasteiger partial charge in [0.25, 0.3) is 5.91 Å². The van der Waals surface area contributed by atoms with Crippen molar-refractivity contribution in [3.05, 3.63) is 42.5 Å². The van der Waals surface area contributed by atoms with Crippen molar-refractivity contribution in [3.8, 4) is 5.75 Å². The summed E-state index contributed by atoms with van der Waals surface area (Å²) in [4.78, 5) is 25.0. The summed E-state index contributed by atoms with van der Waals surface area (Å²) in [6.45, 7) is 7.98. The molecule has 1 aromatic carbocycles. The summed E-state index contributed by atoms with van der Waals surface area (Å²) in [5.74, 6) is -0.231. The van der Waals surface area contributed by atoms with Gasteiger partial charge >= 0.3 is 5.97 Å². The summed E-state index contributed by atoms with van der Waals surface area (Å²) in [6, 6.07) is 8.95. The zero-order chi connectivity index (χ0) is 15.7. The van der Waals surface area contributed by atoms with Crippen LogP contribution in [0.25, 0.3) is 0 Å². The molecule has 0 heterocycles. The van der Waals surface area contributed by atoms with E-state index in [1.807, 2.05) is 19.9 Å². The fourth-order valence-corrected chi connectivity index (χ4v) is 1.64. The Labute approximate surface area is 125 Å². The summed E-state index contributed by atoms with van der Waals surface area (Å²) < 4.78 is 10.1. The second-order valence-electron chi connectivity index (χ2n) is 4.63. The van der Waals surface area contributed by atoms with E-state index < -0.39 is 5.97 Å². The van der Waals surface area contributed by atoms with Crippen molar-refractivity contribution >= 4 is 11.9 Å². The Bertz CT molecular complexity index is 484. The highest BCUT2D eigenvalue weighted by Crippen LogP contribution is 2.07. The van der Waals surface area contributed by atoms with Gasteiger partial charge in [-0.2, -0.15) is 0 Å². The molecule has 0 saturated carbocycles. The number of para-hydroxylation sites is 1. The Morgan fingerprint density at radius 1 is 1.19 bits per heavy atom. The molecule has 5 heteroatoms. The van der Waals surface area contributed by atoms with Crippen LogP contribution in [0.2, 0.25) is 0 Å². The molecule has 0 unspecified atom stereocenters. The van der Waals surface area contributed by atoms with Crippen LogP contribution in [0.5, 0.6) is 5.75 Å². The first-order chi connectivity index (χ1) is 10.0. The van der Waals surface area contributed by atoms with Gasteiger partial charge in [-0.3, -0.25) is 4.79 Å². The predicted octanol–water partition coefficient (Wildman–Crippen LogP) is 2.03. The van der Waals surface area contributed by atoms with Gasteiger partial charge in [-0.1, -0.05) is 30.4 Å². The summed E-state index contributed by atoms with van der Waals surface area (Å²) >= 11 is 0. The smallest absolute Gasteiger partial charge is 0.344 e. The zero-order valence-corrected chi connectivity index (χ0v) is 12.5. The van der Waals surface area contributed by atoms with E-state index in [0.717, 1.165) is 5.57 Å². The van der Waals surface area contributed by atoms with E-state index in [-0.39, 0.29) is 19.1 Å². The molecule has 0 fully saturated rings. The number of hydrogen-bond acceptors (Lipinski definition) is 4. The molecule has 0 aromatic heterocycles. The zero-order valence-electron chi connectivity index (χ0n) is 12.5. The molecule has 0 atom stereocenters. The molecule has 0 aliphatic rings. The Kier molecular flexibility index (Phi) is 7.01. The predicted molar refractivity (Wildman–Crippen MR) is 80.0 cm³/mol. The van der Waals surface area contributed by atoms with Crippen LogP contribution < -0.4 is 4.74 Å². The SMILES string of the molecule is C=C(C)CN(CC)C(=O)COC(=O)COc1ccccc1. The van der Waals surface area contributed by atoms with Crippen LogP contribution in [0.3, 0.4) is 0 Å². The number of carbonyl (C=O) groups excluding carboxylic acids is 2. The highest BCUT2D eigenvalue weighted by molar-refractivity contribution is 5.81. The second-order valence-corrected chi connectivity index (χ2v) is 4.63. The summed E-state index contributed by atoms with van der Waals surface area (Å²) in [6.07, 6.45) is 0. The average Bonchev–Trinajstić information content (AvgIpc) is 2.49. The van der Waals surface area contributed by atoms with Crippen LogP contribution in [-0.2, 0) is 14.3 Å². The van der Waals surface area contributed by atoms with Gasteiger partial charge in [0.15, 0.2) is 13.2 Å². The van der Waals surface area contributed by atoms with Crippen LogP contribution in [0.1, 0.15) is 13.8 Å². The van der Waals surface area contributed by atoms with E-state index in [0.29, 0.717) is 18.8 Å². The van der Waals surface area contributed by atoms with Gasteiger partial charge in [-0.15, -0.1) is 0 Å². The number of carbonyl (C=O) groups is 2. The third kappa shape index (κ3) is 6.61. The van der Waals surface area contributed by atoms with Gasteiger partial charge in [0.05, 0.1) is 0 Å². The highest BCUT2D eigenvalue weighted by Gasteiger charge is 2.14. The lowest BCUT2D eigenvalue weighted by Gasteiger charge is -2.20. The number of rotatable bonds is 8. The largest absolute Gasteiger partial charge is 0.482 e. The van der Waals surface area contributed by atoms with E-state index in [4.69, 9.17) is 9.47 Å². The minimum atomic E-state index is -0.571. The maximum Gasteiger partial charge on any atom is 0.344 e. The molecule has 0 N–H and O–H groups in total. The van der Waals surface area contributed by atoms with E-state index in [1.165, 1.54) is 0 Å². The molecule has 0 radical (unpaired) electrons. The molecule has 0 aliphatic heterocycles. The first kappa shape index (κ1) is 16.8. The van der Waals surface area contributed by atoms with Crippen molar-refractivity contribution < 1.29 is 19.1 Å². The van der Waals surface area contributed by atoms with E-state index in [1.54, 1.807) is 29.2 Å². The summed E-state index contributed by atoms with van der Waals surface area (Å²) in [5, 5.41) is 0. The third-order valence-electron chi connectivity index (χ3n) is 2.65. The average molecular weight is 291 g/mol. The number of amides is 1. The van der Waals surface area contributed by atoms with Gasteiger partial charge < -0.3 is 14.4 Å². The third-order valence-corrected chi connectivity index (χ3v) is 2.65. The lowest BCUT2D eigenvalue weighted by Crippen LogP contribution is -2.36. The fourth-order valence-electron chi connectivity index (χ4n) is 1.64. The van der Waals surface area contributed by atoms with E-state index >= 15 is 0 Å². The Balaban J connectivity index is 2.31. The molecule has 1 amide bonds. The van der Waals surface area contributed by atoms with Gasteiger partial charge in [-0.25, -0.2) is 4.79 Å². The molecule has 5 nitrogen and oxygen atoms in total. The Morgan fingerprint density at radius 3 is 2.43 bits per heavy atom. The first-order valence-corrected chi connectivity index (χ1v) is 6.78. The quantitative estimate of drug-likeness (QED) is 0.543. The molecule has 1 rings (SSSR count). The number of likely N-dealkylation sites (N-methyl/N-ethyl adjacent to an activating group) is 1. The number of nitrogens with zero attached hydrogens (tertiary/aromatic N) is 1. The number of ether oxygens (including phenoxy) is 2. The standard InChI is InChI=1S/C16H21NO4/c1-4-17(10-13(2)3)15(18)11-21-16(19)12-20-14-8-6-5-7-9-14/h5-9H,2,4,10-12H2,1,3H3. The normalized spacial score (nSPS) is 9.81. The van der Waals surface area contributed by atoms with Crippen molar-refractivity contribution in [3.63, 3.8) is 0 Å². The molecular formula is C16H21NO4.